The minimum absolute atomic E-state index is 0.413. The predicted molar refractivity (Wildman–Crippen MR) is 206 cm³/mol. The number of hydrogen-bond acceptors (Lipinski definition) is 3. The molecular weight excluding hydrogens is 603 g/mol. The lowest BCUT2D eigenvalue weighted by molar-refractivity contribution is 0.00578. The molecule has 0 unspecified atom stereocenters. The van der Waals surface area contributed by atoms with E-state index in [1.807, 2.05) is 11.3 Å². The first-order valence-electron chi connectivity index (χ1n) is 16.7. The van der Waals surface area contributed by atoms with E-state index in [9.17, 15) is 0 Å². The van der Waals surface area contributed by atoms with Gasteiger partial charge in [0.05, 0.1) is 11.2 Å². The van der Waals surface area contributed by atoms with Gasteiger partial charge in [-0.1, -0.05) is 121 Å². The van der Waals surface area contributed by atoms with Crippen LogP contribution in [0, 0.1) is 0 Å². The maximum absolute atomic E-state index is 6.53. The van der Waals surface area contributed by atoms with Crippen LogP contribution in [-0.2, 0) is 9.31 Å². The third-order valence-electron chi connectivity index (χ3n) is 10.5. The highest BCUT2D eigenvalue weighted by atomic mass is 32.1. The molecule has 48 heavy (non-hydrogen) atoms. The van der Waals surface area contributed by atoms with Crippen LogP contribution in [0.4, 0.5) is 0 Å². The van der Waals surface area contributed by atoms with Crippen LogP contribution in [-0.4, -0.2) is 18.3 Å². The quantitative estimate of drug-likeness (QED) is 0.179. The normalized spacial score (nSPS) is 15.6. The Balaban J connectivity index is 1.21. The minimum atomic E-state index is -0.438. The average molecular weight is 639 g/mol. The Morgan fingerprint density at radius 1 is 0.458 bits per heavy atom. The fraction of sp³-hybridized carbons (Fsp3) is 0.136. The Morgan fingerprint density at radius 2 is 1.06 bits per heavy atom. The van der Waals surface area contributed by atoms with Gasteiger partial charge in [0.25, 0.3) is 0 Å². The Morgan fingerprint density at radius 3 is 1.83 bits per heavy atom. The summed E-state index contributed by atoms with van der Waals surface area (Å²) in [4.78, 5) is 0. The largest absolute Gasteiger partial charge is 0.494 e. The summed E-state index contributed by atoms with van der Waals surface area (Å²) in [5, 5.41) is 7.57. The lowest BCUT2D eigenvalue weighted by Gasteiger charge is -2.32. The van der Waals surface area contributed by atoms with E-state index in [4.69, 9.17) is 9.31 Å². The van der Waals surface area contributed by atoms with E-state index >= 15 is 0 Å². The summed E-state index contributed by atoms with van der Waals surface area (Å²) < 4.78 is 15.7. The van der Waals surface area contributed by atoms with Crippen LogP contribution in [0.3, 0.4) is 0 Å². The Hall–Kier alpha value is -4.74. The average Bonchev–Trinajstić information content (AvgIpc) is 3.59. The van der Waals surface area contributed by atoms with E-state index in [0.717, 1.165) is 5.46 Å². The molecule has 1 saturated heterocycles. The Bertz CT molecular complexity index is 2520. The molecule has 4 heteroatoms. The van der Waals surface area contributed by atoms with Crippen molar-refractivity contribution in [2.45, 2.75) is 38.9 Å². The van der Waals surface area contributed by atoms with E-state index < -0.39 is 18.3 Å². The maximum atomic E-state index is 6.53. The molecule has 1 fully saturated rings. The zero-order valence-electron chi connectivity index (χ0n) is 27.6. The van der Waals surface area contributed by atoms with Gasteiger partial charge in [0, 0.05) is 25.7 Å². The van der Waals surface area contributed by atoms with E-state index in [-0.39, 0.29) is 0 Å². The van der Waals surface area contributed by atoms with Crippen LogP contribution in [0.15, 0.2) is 140 Å². The number of hydrogen-bond donors (Lipinski definition) is 0. The molecule has 0 aliphatic carbocycles. The second-order valence-electron chi connectivity index (χ2n) is 14.0. The molecule has 0 spiro atoms. The molecule has 0 N–H and O–H groups in total. The molecule has 1 aliphatic rings. The summed E-state index contributed by atoms with van der Waals surface area (Å²) in [5.41, 5.74) is 7.49. The fourth-order valence-electron chi connectivity index (χ4n) is 7.18. The highest BCUT2D eigenvalue weighted by molar-refractivity contribution is 7.26. The van der Waals surface area contributed by atoms with E-state index in [1.165, 1.54) is 75.1 Å². The molecule has 2 heterocycles. The molecule has 0 saturated carbocycles. The summed E-state index contributed by atoms with van der Waals surface area (Å²) in [6.07, 6.45) is 0. The minimum Gasteiger partial charge on any atom is -0.399 e. The van der Waals surface area contributed by atoms with Crippen LogP contribution in [0.2, 0.25) is 0 Å². The first-order chi connectivity index (χ1) is 23.3. The molecule has 1 aliphatic heterocycles. The molecule has 0 atom stereocenters. The summed E-state index contributed by atoms with van der Waals surface area (Å²) in [6.45, 7) is 8.45. The second kappa shape index (κ2) is 10.9. The number of rotatable bonds is 4. The van der Waals surface area contributed by atoms with E-state index in [1.54, 1.807) is 0 Å². The third kappa shape index (κ3) is 4.70. The van der Waals surface area contributed by atoms with Crippen molar-refractivity contribution in [1.29, 1.82) is 0 Å². The van der Waals surface area contributed by atoms with Crippen molar-refractivity contribution in [1.82, 2.24) is 0 Å². The van der Waals surface area contributed by atoms with Gasteiger partial charge in [-0.15, -0.1) is 11.3 Å². The number of fused-ring (bicyclic) bond motifs is 5. The molecule has 2 nitrogen and oxygen atoms in total. The van der Waals surface area contributed by atoms with Crippen LogP contribution in [0.5, 0.6) is 0 Å². The van der Waals surface area contributed by atoms with E-state index in [0.29, 0.717) is 0 Å². The van der Waals surface area contributed by atoms with Crippen molar-refractivity contribution in [2.24, 2.45) is 0 Å². The zero-order valence-corrected chi connectivity index (χ0v) is 28.4. The molecule has 0 radical (unpaired) electrons. The van der Waals surface area contributed by atoms with Gasteiger partial charge in [-0.3, -0.25) is 0 Å². The molecular formula is C44H35BO2S. The second-order valence-corrected chi connectivity index (χ2v) is 15.0. The van der Waals surface area contributed by atoms with Gasteiger partial charge in [0.15, 0.2) is 0 Å². The Kier molecular flexibility index (Phi) is 6.68. The van der Waals surface area contributed by atoms with Crippen LogP contribution in [0.25, 0.3) is 75.1 Å². The van der Waals surface area contributed by atoms with Gasteiger partial charge >= 0.3 is 7.12 Å². The fourth-order valence-corrected chi connectivity index (χ4v) is 8.41. The summed E-state index contributed by atoms with van der Waals surface area (Å²) in [5.74, 6) is 0. The van der Waals surface area contributed by atoms with Gasteiger partial charge in [-0.2, -0.15) is 0 Å². The predicted octanol–water partition coefficient (Wildman–Crippen LogP) is 11.7. The van der Waals surface area contributed by atoms with Gasteiger partial charge in [0.1, 0.15) is 0 Å². The lowest BCUT2D eigenvalue weighted by Crippen LogP contribution is -2.41. The molecule has 8 aromatic rings. The monoisotopic (exact) mass is 638 g/mol. The van der Waals surface area contributed by atoms with Gasteiger partial charge < -0.3 is 9.31 Å². The zero-order chi connectivity index (χ0) is 32.6. The maximum Gasteiger partial charge on any atom is 0.494 e. The number of thiophene rings is 1. The van der Waals surface area contributed by atoms with Crippen molar-refractivity contribution in [3.05, 3.63) is 140 Å². The summed E-state index contributed by atoms with van der Waals surface area (Å²) in [7, 11) is -0.438. The molecule has 232 valence electrons. The van der Waals surface area contributed by atoms with Crippen LogP contribution in [0.1, 0.15) is 27.7 Å². The lowest BCUT2D eigenvalue weighted by atomic mass is 9.76. The SMILES string of the molecule is CC1(C)OB(c2ccc(-c3cccc4c3sc3ccccc34)c(-c3ccc4cc(-c5cccc6ccccc56)ccc4c3)c2)OC1(C)C. The van der Waals surface area contributed by atoms with Gasteiger partial charge in [0.2, 0.25) is 0 Å². The summed E-state index contributed by atoms with van der Waals surface area (Å²) in [6, 6.07) is 51.0. The smallest absolute Gasteiger partial charge is 0.399 e. The van der Waals surface area contributed by atoms with Crippen LogP contribution < -0.4 is 5.46 Å². The highest BCUT2D eigenvalue weighted by Gasteiger charge is 2.51. The molecule has 0 bridgehead atoms. The third-order valence-corrected chi connectivity index (χ3v) is 11.7. The number of benzene rings is 7. The topological polar surface area (TPSA) is 18.5 Å². The first-order valence-corrected chi connectivity index (χ1v) is 17.5. The van der Waals surface area contributed by atoms with Crippen molar-refractivity contribution >= 4 is 65.6 Å². The van der Waals surface area contributed by atoms with E-state index in [2.05, 4.69) is 167 Å². The Labute approximate surface area is 285 Å². The summed E-state index contributed by atoms with van der Waals surface area (Å²) >= 11 is 1.87. The molecule has 1 aromatic heterocycles. The standard InChI is InChI=1S/C44H35BO2S/c1-43(2)44(3,4)47-45(46-43)33-23-24-36(38-16-10-17-39-37-14-7-8-18-41(37)48-42(38)39)40(27-33)32-22-20-29-25-31(21-19-30(29)26-32)35-15-9-12-28-11-5-6-13-34(28)35/h5-27H,1-4H3. The van der Waals surface area contributed by atoms with Gasteiger partial charge in [-0.25, -0.2) is 0 Å². The first kappa shape index (κ1) is 29.4. The highest BCUT2D eigenvalue weighted by Crippen LogP contribution is 2.44. The van der Waals surface area contributed by atoms with Gasteiger partial charge in [-0.05, 0) is 101 Å². The molecule has 7 aromatic carbocycles. The molecule has 0 amide bonds. The molecule has 9 rings (SSSR count). The van der Waals surface area contributed by atoms with Crippen molar-refractivity contribution in [3.63, 3.8) is 0 Å². The van der Waals surface area contributed by atoms with Crippen molar-refractivity contribution in [3.8, 4) is 33.4 Å². The van der Waals surface area contributed by atoms with Crippen molar-refractivity contribution < 1.29 is 9.31 Å². The van der Waals surface area contributed by atoms with Crippen molar-refractivity contribution in [2.75, 3.05) is 0 Å². The van der Waals surface area contributed by atoms with Crippen LogP contribution >= 0.6 is 11.3 Å².